The molecular weight excluding hydrogens is 278 g/mol. The van der Waals surface area contributed by atoms with Crippen LogP contribution in [0.3, 0.4) is 0 Å². The van der Waals surface area contributed by atoms with Crippen molar-refractivity contribution in [3.8, 4) is 0 Å². The molecule has 9 heteroatoms. The number of halogens is 7. The van der Waals surface area contributed by atoms with Crippen molar-refractivity contribution in [1.29, 1.82) is 0 Å². The minimum Gasteiger partial charge on any atom is -0.480 e. The lowest BCUT2D eigenvalue weighted by Crippen LogP contribution is -2.35. The normalized spacial score (nSPS) is 42.4. The van der Waals surface area contributed by atoms with Crippen LogP contribution in [0, 0.1) is 10.8 Å². The molecule has 17 heavy (non-hydrogen) atoms. The molecule has 2 unspecified atom stereocenters. The summed E-state index contributed by atoms with van der Waals surface area (Å²) in [5.74, 6) is -2.33. The Morgan fingerprint density at radius 3 is 1.29 bits per heavy atom. The lowest BCUT2D eigenvalue weighted by atomic mass is 9.95. The zero-order valence-electron chi connectivity index (χ0n) is 8.50. The van der Waals surface area contributed by atoms with E-state index in [0.717, 1.165) is 0 Å². The van der Waals surface area contributed by atoms with Crippen LogP contribution in [-0.2, 0) is 4.79 Å². The minimum absolute atomic E-state index is 0.168. The van der Waals surface area contributed by atoms with E-state index in [2.05, 4.69) is 0 Å². The number of carbonyl (C=O) groups is 1. The Morgan fingerprint density at radius 1 is 1.00 bits per heavy atom. The maximum atomic E-state index is 12.7. The molecule has 0 aliphatic heterocycles. The van der Waals surface area contributed by atoms with Crippen LogP contribution in [0.25, 0.3) is 0 Å². The van der Waals surface area contributed by atoms with E-state index in [1.165, 1.54) is 0 Å². The molecule has 0 amide bonds. The molecule has 1 N–H and O–H groups in total. The highest BCUT2D eigenvalue weighted by molar-refractivity contribution is 6.38. The van der Waals surface area contributed by atoms with E-state index in [9.17, 15) is 31.1 Å². The molecule has 0 aromatic rings. The highest BCUT2D eigenvalue weighted by Crippen LogP contribution is 2.84. The summed E-state index contributed by atoms with van der Waals surface area (Å²) in [6.45, 7) is 0.337. The van der Waals surface area contributed by atoms with Crippen LogP contribution in [-0.4, -0.2) is 28.3 Å². The van der Waals surface area contributed by atoms with Gasteiger partial charge in [0.15, 0.2) is 4.87 Å². The van der Waals surface area contributed by atoms with Gasteiger partial charge in [0.25, 0.3) is 0 Å². The van der Waals surface area contributed by atoms with Gasteiger partial charge in [0.1, 0.15) is 10.8 Å². The van der Waals surface area contributed by atoms with E-state index in [1.54, 1.807) is 0 Å². The van der Waals surface area contributed by atoms with Gasteiger partial charge in [-0.25, -0.2) is 0 Å². The van der Waals surface area contributed by atoms with E-state index in [1.807, 2.05) is 0 Å². The van der Waals surface area contributed by atoms with Crippen LogP contribution >= 0.6 is 11.6 Å². The number of carboxylic acids is 1. The summed E-state index contributed by atoms with van der Waals surface area (Å²) in [4.78, 5) is 7.24. The highest BCUT2D eigenvalue weighted by Gasteiger charge is 3.01. The first-order chi connectivity index (χ1) is 7.19. The number of hydrogen-bond acceptors (Lipinski definition) is 1. The van der Waals surface area contributed by atoms with Gasteiger partial charge < -0.3 is 5.11 Å². The fourth-order valence-electron chi connectivity index (χ4n) is 2.24. The van der Waals surface area contributed by atoms with Crippen molar-refractivity contribution in [3.05, 3.63) is 0 Å². The predicted octanol–water partition coefficient (Wildman–Crippen LogP) is 3.20. The van der Waals surface area contributed by atoms with E-state index in [4.69, 9.17) is 16.7 Å². The summed E-state index contributed by atoms with van der Waals surface area (Å²) in [6.07, 6.45) is -10.8. The summed E-state index contributed by atoms with van der Waals surface area (Å²) < 4.78 is 76.0. The Bertz CT molecular complexity index is 349. The molecule has 0 saturated heterocycles. The fourth-order valence-corrected chi connectivity index (χ4v) is 2.78. The molecule has 1 aliphatic carbocycles. The minimum atomic E-state index is -5.38. The van der Waals surface area contributed by atoms with Crippen molar-refractivity contribution in [2.75, 3.05) is 0 Å². The van der Waals surface area contributed by atoms with E-state index < -0.39 is 34.0 Å². The molecule has 0 spiro atoms. The molecule has 1 saturated carbocycles. The highest BCUT2D eigenvalue weighted by atomic mass is 35.5. The van der Waals surface area contributed by atoms with Gasteiger partial charge in [0.2, 0.25) is 0 Å². The van der Waals surface area contributed by atoms with Crippen molar-refractivity contribution in [2.45, 2.75) is 31.1 Å². The number of alkyl halides is 7. The van der Waals surface area contributed by atoms with E-state index in [0.29, 0.717) is 0 Å². The molecule has 0 aromatic heterocycles. The maximum absolute atomic E-state index is 12.7. The third-order valence-electron chi connectivity index (χ3n) is 3.74. The van der Waals surface area contributed by atoms with Gasteiger partial charge in [-0.15, -0.1) is 11.6 Å². The Kier molecular flexibility index (Phi) is 2.56. The van der Waals surface area contributed by atoms with Gasteiger partial charge in [-0.05, 0) is 13.8 Å². The molecule has 1 aliphatic rings. The van der Waals surface area contributed by atoms with Gasteiger partial charge in [0.05, 0.1) is 0 Å². The number of aliphatic carboxylic acids is 1. The second kappa shape index (κ2) is 3.02. The molecule has 0 aromatic carbocycles. The Hall–Kier alpha value is -0.660. The lowest BCUT2D eigenvalue weighted by molar-refractivity contribution is -0.245. The molecule has 0 radical (unpaired) electrons. The van der Waals surface area contributed by atoms with Crippen molar-refractivity contribution in [2.24, 2.45) is 10.8 Å². The maximum Gasteiger partial charge on any atom is 0.397 e. The van der Waals surface area contributed by atoms with E-state index in [-0.39, 0.29) is 13.8 Å². The van der Waals surface area contributed by atoms with Crippen LogP contribution in [0.4, 0.5) is 26.3 Å². The fraction of sp³-hybridized carbons (Fsp3) is 0.875. The predicted molar refractivity (Wildman–Crippen MR) is 44.5 cm³/mol. The molecule has 100 valence electrons. The zero-order chi connectivity index (χ0) is 14.1. The van der Waals surface area contributed by atoms with Crippen LogP contribution in [0.2, 0.25) is 0 Å². The van der Waals surface area contributed by atoms with Gasteiger partial charge >= 0.3 is 18.3 Å². The third-order valence-corrected chi connectivity index (χ3v) is 4.66. The third kappa shape index (κ3) is 1.17. The molecule has 0 bridgehead atoms. The van der Waals surface area contributed by atoms with Crippen LogP contribution in [0.5, 0.6) is 0 Å². The van der Waals surface area contributed by atoms with Gasteiger partial charge in [0, 0.05) is 0 Å². The second-order valence-corrected chi connectivity index (χ2v) is 4.78. The summed E-state index contributed by atoms with van der Waals surface area (Å²) in [5, 5.41) is 8.58. The molecule has 2 nitrogen and oxygen atoms in total. The van der Waals surface area contributed by atoms with Crippen molar-refractivity contribution in [3.63, 3.8) is 0 Å². The average molecular weight is 285 g/mol. The first-order valence-electron chi connectivity index (χ1n) is 4.25. The topological polar surface area (TPSA) is 37.3 Å². The first-order valence-corrected chi connectivity index (χ1v) is 4.63. The van der Waals surface area contributed by atoms with E-state index >= 15 is 0 Å². The standard InChI is InChI=1S/C8H7ClF6O2/c1-4(7(10,11)12)5(2,8(13,14)15)6(4,9)3(16)17/h1-2H3,(H,16,17). The average Bonchev–Trinajstić information content (AvgIpc) is 2.49. The molecular formula is C8H7ClF6O2. The molecule has 1 fully saturated rings. The Morgan fingerprint density at radius 2 is 1.24 bits per heavy atom. The van der Waals surface area contributed by atoms with Crippen LogP contribution in [0.15, 0.2) is 0 Å². The van der Waals surface area contributed by atoms with Crippen molar-refractivity contribution < 1.29 is 36.2 Å². The Balaban J connectivity index is 3.50. The van der Waals surface area contributed by atoms with Crippen molar-refractivity contribution in [1.82, 2.24) is 0 Å². The van der Waals surface area contributed by atoms with Gasteiger partial charge in [-0.2, -0.15) is 26.3 Å². The molecule has 0 heterocycles. The summed E-state index contributed by atoms with van der Waals surface area (Å²) in [5.41, 5.74) is -7.11. The quantitative estimate of drug-likeness (QED) is 0.593. The molecule has 1 rings (SSSR count). The summed E-state index contributed by atoms with van der Waals surface area (Å²) in [6, 6.07) is 0. The monoisotopic (exact) mass is 284 g/mol. The first kappa shape index (κ1) is 14.4. The van der Waals surface area contributed by atoms with Gasteiger partial charge in [-0.3, -0.25) is 4.79 Å². The summed E-state index contributed by atoms with van der Waals surface area (Å²) in [7, 11) is 0. The lowest BCUT2D eigenvalue weighted by Gasteiger charge is -2.22. The van der Waals surface area contributed by atoms with Crippen LogP contribution < -0.4 is 0 Å². The zero-order valence-corrected chi connectivity index (χ0v) is 9.26. The second-order valence-electron chi connectivity index (χ2n) is 4.21. The Labute approximate surface area is 96.5 Å². The number of carboxylic acid groups (broad SMARTS) is 1. The molecule has 2 atom stereocenters. The van der Waals surface area contributed by atoms with Gasteiger partial charge in [-0.1, -0.05) is 0 Å². The van der Waals surface area contributed by atoms with Crippen LogP contribution in [0.1, 0.15) is 13.8 Å². The largest absolute Gasteiger partial charge is 0.480 e. The number of rotatable bonds is 1. The summed E-state index contributed by atoms with van der Waals surface area (Å²) >= 11 is 5.12. The van der Waals surface area contributed by atoms with Crippen molar-refractivity contribution >= 4 is 17.6 Å². The SMILES string of the molecule is CC1(C(F)(F)F)C(Cl)(C(=O)O)C1(C)C(F)(F)F. The smallest absolute Gasteiger partial charge is 0.397 e. The number of hydrogen-bond donors (Lipinski definition) is 1.